The molecule has 2 aliphatic heterocycles. The van der Waals surface area contributed by atoms with Gasteiger partial charge < -0.3 is 26.2 Å². The summed E-state index contributed by atoms with van der Waals surface area (Å²) >= 11 is 1.48. The number of nitrogens with one attached hydrogen (secondary N) is 4. The van der Waals surface area contributed by atoms with Crippen LogP contribution in [0.4, 0.5) is 0 Å². The van der Waals surface area contributed by atoms with Crippen LogP contribution in [0.2, 0.25) is 0 Å². The SMILES string of the molecule is CCCc1nc(C(=O)N2CCCCNC(=O)[C@@H](C)NC(=O)[C@H](CC(C)C)NC(=O)[C@@H](Cc3ccccc3)NC(=O)c3ccc(cc3)C2)cs1. The van der Waals surface area contributed by atoms with E-state index in [9.17, 15) is 24.0 Å². The number of benzene rings is 2. The fraction of sp³-hybridized carbons (Fsp3) is 0.459. The monoisotopic (exact) mass is 688 g/mol. The maximum absolute atomic E-state index is 13.7. The lowest BCUT2D eigenvalue weighted by Crippen LogP contribution is -2.57. The van der Waals surface area contributed by atoms with E-state index in [2.05, 4.69) is 33.2 Å². The summed E-state index contributed by atoms with van der Waals surface area (Å²) in [6, 6.07) is 13.6. The van der Waals surface area contributed by atoms with Crippen LogP contribution in [0.3, 0.4) is 0 Å². The van der Waals surface area contributed by atoms with Crippen molar-refractivity contribution in [3.63, 3.8) is 0 Å². The molecule has 3 heterocycles. The lowest BCUT2D eigenvalue weighted by atomic mass is 10.0. The molecule has 5 rings (SSSR count). The standard InChI is InChI=1S/C37H48N6O5S/c1-5-11-32-40-31(23-49-32)37(48)43-19-10-9-18-38-33(44)25(4)39-35(46)29(20-24(2)3)42-36(47)30(21-26-12-7-6-8-13-26)41-34(45)28-16-14-27(22-43)15-17-28/h6-8,12-17,23-25,29-30H,5,9-11,18-22H2,1-4H3,(H,38,44)(H,39,46)(H,41,45)(H,42,47)/t25-,29+,30-/m1/s1. The summed E-state index contributed by atoms with van der Waals surface area (Å²) in [5.74, 6) is -1.88. The van der Waals surface area contributed by atoms with Crippen LogP contribution in [0.1, 0.15) is 90.4 Å². The highest BCUT2D eigenvalue weighted by Gasteiger charge is 2.30. The zero-order chi connectivity index (χ0) is 35.3. The van der Waals surface area contributed by atoms with Crippen LogP contribution < -0.4 is 21.3 Å². The molecule has 2 aliphatic rings. The van der Waals surface area contributed by atoms with Gasteiger partial charge in [0.15, 0.2) is 0 Å². The Bertz CT molecular complexity index is 1580. The number of nitrogens with zero attached hydrogens (tertiary/aromatic N) is 2. The highest BCUT2D eigenvalue weighted by atomic mass is 32.1. The number of rotatable bonds is 7. The van der Waals surface area contributed by atoms with Gasteiger partial charge in [0.25, 0.3) is 11.8 Å². The van der Waals surface area contributed by atoms with Crippen molar-refractivity contribution in [2.45, 2.75) is 90.9 Å². The van der Waals surface area contributed by atoms with Crippen LogP contribution in [0, 0.1) is 5.92 Å². The van der Waals surface area contributed by atoms with E-state index in [0.717, 1.165) is 29.0 Å². The summed E-state index contributed by atoms with van der Waals surface area (Å²) < 4.78 is 0. The Balaban J connectivity index is 1.61. The number of amides is 5. The van der Waals surface area contributed by atoms with Crippen LogP contribution in [0.25, 0.3) is 0 Å². The average molecular weight is 689 g/mol. The van der Waals surface area contributed by atoms with Crippen LogP contribution >= 0.6 is 11.3 Å². The molecule has 1 aromatic heterocycles. The normalized spacial score (nSPS) is 20.2. The maximum Gasteiger partial charge on any atom is 0.273 e. The number of hydrogen-bond acceptors (Lipinski definition) is 7. The number of hydrogen-bond donors (Lipinski definition) is 4. The van der Waals surface area contributed by atoms with Crippen molar-refractivity contribution in [3.8, 4) is 0 Å². The first-order chi connectivity index (χ1) is 23.5. The quantitative estimate of drug-likeness (QED) is 0.276. The van der Waals surface area contributed by atoms with Gasteiger partial charge >= 0.3 is 0 Å². The first-order valence-electron chi connectivity index (χ1n) is 17.1. The van der Waals surface area contributed by atoms with Crippen molar-refractivity contribution in [1.29, 1.82) is 0 Å². The molecular weight excluding hydrogens is 641 g/mol. The third-order valence-electron chi connectivity index (χ3n) is 8.26. The second-order valence-corrected chi connectivity index (χ2v) is 13.9. The summed E-state index contributed by atoms with van der Waals surface area (Å²) in [4.78, 5) is 73.5. The number of carbonyl (C=O) groups excluding carboxylic acids is 5. The first-order valence-corrected chi connectivity index (χ1v) is 18.0. The van der Waals surface area contributed by atoms with Gasteiger partial charge in [0.2, 0.25) is 17.7 Å². The maximum atomic E-state index is 13.7. The molecule has 4 N–H and O–H groups in total. The zero-order valence-corrected chi connectivity index (χ0v) is 29.6. The second-order valence-electron chi connectivity index (χ2n) is 12.9. The Morgan fingerprint density at radius 2 is 1.63 bits per heavy atom. The minimum atomic E-state index is -0.976. The zero-order valence-electron chi connectivity index (χ0n) is 28.8. The molecule has 0 aliphatic carbocycles. The van der Waals surface area contributed by atoms with Gasteiger partial charge in [-0.1, -0.05) is 63.2 Å². The molecule has 0 radical (unpaired) electrons. The fourth-order valence-electron chi connectivity index (χ4n) is 5.58. The van der Waals surface area contributed by atoms with Gasteiger partial charge in [-0.3, -0.25) is 24.0 Å². The minimum absolute atomic E-state index is 0.0655. The van der Waals surface area contributed by atoms with Crippen LogP contribution in [-0.2, 0) is 33.8 Å². The van der Waals surface area contributed by atoms with Gasteiger partial charge in [0.1, 0.15) is 23.8 Å². The number of carbonyl (C=O) groups is 5. The predicted octanol–water partition coefficient (Wildman–Crippen LogP) is 4.02. The lowest BCUT2D eigenvalue weighted by molar-refractivity contribution is -0.132. The summed E-state index contributed by atoms with van der Waals surface area (Å²) in [7, 11) is 0. The van der Waals surface area contributed by atoms with E-state index in [1.807, 2.05) is 44.2 Å². The van der Waals surface area contributed by atoms with E-state index in [1.165, 1.54) is 11.3 Å². The van der Waals surface area contributed by atoms with Crippen molar-refractivity contribution >= 4 is 40.9 Å². The van der Waals surface area contributed by atoms with Crippen LogP contribution in [0.5, 0.6) is 0 Å². The van der Waals surface area contributed by atoms with Gasteiger partial charge in [0, 0.05) is 37.0 Å². The molecule has 49 heavy (non-hydrogen) atoms. The van der Waals surface area contributed by atoms with Gasteiger partial charge in [0.05, 0.1) is 5.01 Å². The Labute approximate surface area is 292 Å². The highest BCUT2D eigenvalue weighted by Crippen LogP contribution is 2.17. The molecule has 0 fully saturated rings. The van der Waals surface area contributed by atoms with E-state index in [1.54, 1.807) is 41.5 Å². The van der Waals surface area contributed by atoms with Crippen molar-refractivity contribution < 1.29 is 24.0 Å². The summed E-state index contributed by atoms with van der Waals surface area (Å²) in [5, 5.41) is 14.1. The molecule has 12 heteroatoms. The topological polar surface area (TPSA) is 150 Å². The molecule has 0 spiro atoms. The van der Waals surface area contributed by atoms with Crippen molar-refractivity contribution in [3.05, 3.63) is 87.4 Å². The molecule has 3 aromatic rings. The Kier molecular flexibility index (Phi) is 13.9. The number of thiazole rings is 1. The van der Waals surface area contributed by atoms with E-state index in [0.29, 0.717) is 50.2 Å². The third-order valence-corrected chi connectivity index (χ3v) is 9.17. The van der Waals surface area contributed by atoms with Gasteiger partial charge in [-0.2, -0.15) is 0 Å². The van der Waals surface area contributed by atoms with Gasteiger partial charge in [-0.15, -0.1) is 11.3 Å². The molecule has 2 aromatic carbocycles. The molecule has 0 saturated carbocycles. The number of fused-ring (bicyclic) bond motifs is 18. The van der Waals surface area contributed by atoms with Crippen molar-refractivity contribution in [2.75, 3.05) is 13.1 Å². The number of aromatic nitrogens is 1. The van der Waals surface area contributed by atoms with Crippen molar-refractivity contribution in [1.82, 2.24) is 31.2 Å². The largest absolute Gasteiger partial charge is 0.354 e. The average Bonchev–Trinajstić information content (AvgIpc) is 3.55. The molecule has 5 amide bonds. The van der Waals surface area contributed by atoms with Crippen LogP contribution in [0.15, 0.2) is 60.0 Å². The van der Waals surface area contributed by atoms with E-state index in [4.69, 9.17) is 0 Å². The molecule has 2 bridgehead atoms. The smallest absolute Gasteiger partial charge is 0.273 e. The molecular formula is C37H48N6O5S. The summed E-state index contributed by atoms with van der Waals surface area (Å²) in [5.41, 5.74) is 2.44. The Hall–Kier alpha value is -4.58. The summed E-state index contributed by atoms with van der Waals surface area (Å²) in [6.45, 7) is 8.67. The van der Waals surface area contributed by atoms with Crippen molar-refractivity contribution in [2.24, 2.45) is 5.92 Å². The van der Waals surface area contributed by atoms with Gasteiger partial charge in [-0.25, -0.2) is 4.98 Å². The number of aryl methyl sites for hydroxylation is 1. The predicted molar refractivity (Wildman–Crippen MR) is 190 cm³/mol. The molecule has 262 valence electrons. The summed E-state index contributed by atoms with van der Waals surface area (Å²) in [6.07, 6.45) is 3.54. The third kappa shape index (κ3) is 11.2. The highest BCUT2D eigenvalue weighted by molar-refractivity contribution is 7.09. The van der Waals surface area contributed by atoms with E-state index in [-0.39, 0.29) is 24.2 Å². The Morgan fingerprint density at radius 1 is 0.918 bits per heavy atom. The minimum Gasteiger partial charge on any atom is -0.354 e. The van der Waals surface area contributed by atoms with E-state index < -0.39 is 35.8 Å². The molecule has 11 nitrogen and oxygen atoms in total. The molecule has 3 atom stereocenters. The Morgan fingerprint density at radius 3 is 2.33 bits per heavy atom. The molecule has 0 saturated heterocycles. The van der Waals surface area contributed by atoms with E-state index >= 15 is 0 Å². The fourth-order valence-corrected chi connectivity index (χ4v) is 6.46. The van der Waals surface area contributed by atoms with Crippen LogP contribution in [-0.4, -0.2) is 70.6 Å². The molecule has 0 unspecified atom stereocenters. The second kappa shape index (κ2) is 18.3. The lowest BCUT2D eigenvalue weighted by Gasteiger charge is -2.25. The first kappa shape index (κ1) is 37.2. The van der Waals surface area contributed by atoms with Gasteiger partial charge in [-0.05, 0) is 68.2 Å².